The first-order chi connectivity index (χ1) is 10.7. The first kappa shape index (κ1) is 17.1. The van der Waals surface area contributed by atoms with Gasteiger partial charge in [0.1, 0.15) is 5.75 Å². The molecule has 0 spiro atoms. The van der Waals surface area contributed by atoms with E-state index in [1.54, 1.807) is 0 Å². The molecule has 23 heavy (non-hydrogen) atoms. The van der Waals surface area contributed by atoms with Crippen LogP contribution in [-0.4, -0.2) is 12.1 Å². The maximum Gasteiger partial charge on any atom is 0.566 e. The third-order valence-corrected chi connectivity index (χ3v) is 2.73. The summed E-state index contributed by atoms with van der Waals surface area (Å²) in [6.07, 6.45) is 0. The minimum Gasteiger partial charge on any atom is -0.530 e. The minimum atomic E-state index is -2.88. The Morgan fingerprint density at radius 1 is 0.652 bits per heavy atom. The summed E-state index contributed by atoms with van der Waals surface area (Å²) in [5.41, 5.74) is -1.81. The van der Waals surface area contributed by atoms with E-state index in [1.165, 1.54) is 0 Å². The second-order valence-corrected chi connectivity index (χ2v) is 4.13. The van der Waals surface area contributed by atoms with Crippen LogP contribution in [-0.2, 0) is 0 Å². The fourth-order valence-corrected chi connectivity index (χ4v) is 1.62. The highest BCUT2D eigenvalue weighted by atomic mass is 19.2. The molecule has 11 heteroatoms. The standard InChI is InChI=1S/C12H3BF8O2/c14-3-1-2-4(7(16)6(3)15)23-13(22)5-8(17)10(19)12(21)11(20)9(5)18/h1-2,22H. The summed E-state index contributed by atoms with van der Waals surface area (Å²) in [6, 6.07) is 0.808. The van der Waals surface area contributed by atoms with E-state index < -0.39 is 64.9 Å². The molecule has 0 saturated heterocycles. The van der Waals surface area contributed by atoms with Crippen molar-refractivity contribution >= 4 is 12.6 Å². The largest absolute Gasteiger partial charge is 0.566 e. The predicted octanol–water partition coefficient (Wildman–Crippen LogP) is 2.57. The van der Waals surface area contributed by atoms with Crippen LogP contribution in [0, 0.1) is 46.5 Å². The molecule has 2 nitrogen and oxygen atoms in total. The highest BCUT2D eigenvalue weighted by Crippen LogP contribution is 2.23. The summed E-state index contributed by atoms with van der Waals surface area (Å²) in [4.78, 5) is 0. The first-order valence-corrected chi connectivity index (χ1v) is 5.66. The van der Waals surface area contributed by atoms with Gasteiger partial charge < -0.3 is 9.68 Å². The van der Waals surface area contributed by atoms with Crippen molar-refractivity contribution in [3.05, 3.63) is 58.7 Å². The molecular formula is C12H3BF8O2. The molecule has 122 valence electrons. The Hall–Kier alpha value is -2.30. The Kier molecular flexibility index (Phi) is 4.50. The van der Waals surface area contributed by atoms with Gasteiger partial charge in [0.2, 0.25) is 5.82 Å². The zero-order valence-electron chi connectivity index (χ0n) is 10.6. The molecule has 2 rings (SSSR count). The van der Waals surface area contributed by atoms with Crippen LogP contribution in [0.2, 0.25) is 0 Å². The molecule has 0 atom stereocenters. The summed E-state index contributed by atoms with van der Waals surface area (Å²) in [7, 11) is -2.88. The zero-order chi connectivity index (χ0) is 17.5. The Balaban J connectivity index is 2.47. The molecular weight excluding hydrogens is 339 g/mol. The lowest BCUT2D eigenvalue weighted by Crippen LogP contribution is -2.43. The Morgan fingerprint density at radius 3 is 1.65 bits per heavy atom. The SMILES string of the molecule is OB(Oc1ccc(F)c(F)c1F)c1c(F)c(F)c(F)c(F)c1F. The second-order valence-electron chi connectivity index (χ2n) is 4.13. The second kappa shape index (κ2) is 6.07. The van der Waals surface area contributed by atoms with Crippen LogP contribution >= 0.6 is 0 Å². The van der Waals surface area contributed by atoms with Crippen molar-refractivity contribution in [2.75, 3.05) is 0 Å². The molecule has 0 aliphatic rings. The number of halogens is 8. The topological polar surface area (TPSA) is 29.5 Å². The summed E-state index contributed by atoms with van der Waals surface area (Å²) in [6.45, 7) is 0. The third kappa shape index (κ3) is 2.83. The molecule has 0 aliphatic heterocycles. The van der Waals surface area contributed by atoms with Crippen LogP contribution in [0.15, 0.2) is 12.1 Å². The van der Waals surface area contributed by atoms with Gasteiger partial charge in [0.25, 0.3) is 0 Å². The van der Waals surface area contributed by atoms with Gasteiger partial charge in [-0.2, -0.15) is 4.39 Å². The molecule has 0 amide bonds. The maximum atomic E-state index is 13.4. The number of hydrogen-bond donors (Lipinski definition) is 1. The number of rotatable bonds is 3. The zero-order valence-corrected chi connectivity index (χ0v) is 10.6. The third-order valence-electron chi connectivity index (χ3n) is 2.73. The van der Waals surface area contributed by atoms with Gasteiger partial charge in [0.05, 0.1) is 5.46 Å². The summed E-state index contributed by atoms with van der Waals surface area (Å²) < 4.78 is 109. The molecule has 0 aromatic heterocycles. The van der Waals surface area contributed by atoms with E-state index in [2.05, 4.69) is 4.65 Å². The number of hydrogen-bond acceptors (Lipinski definition) is 2. The fraction of sp³-hybridized carbons (Fsp3) is 0. The smallest absolute Gasteiger partial charge is 0.530 e. The molecule has 2 aromatic carbocycles. The van der Waals surface area contributed by atoms with Gasteiger partial charge in [-0.25, -0.2) is 30.7 Å². The van der Waals surface area contributed by atoms with Gasteiger partial charge in [-0.15, -0.1) is 0 Å². The lowest BCUT2D eigenvalue weighted by atomic mass is 9.78. The van der Waals surface area contributed by atoms with Gasteiger partial charge in [-0.3, -0.25) is 0 Å². The van der Waals surface area contributed by atoms with Gasteiger partial charge in [0, 0.05) is 0 Å². The highest BCUT2D eigenvalue weighted by Gasteiger charge is 2.35. The number of benzene rings is 2. The Morgan fingerprint density at radius 2 is 1.13 bits per heavy atom. The molecule has 0 unspecified atom stereocenters. The van der Waals surface area contributed by atoms with Crippen LogP contribution in [0.25, 0.3) is 0 Å². The molecule has 0 saturated carbocycles. The minimum absolute atomic E-state index is 0.360. The van der Waals surface area contributed by atoms with Crippen LogP contribution in [0.5, 0.6) is 5.75 Å². The van der Waals surface area contributed by atoms with Crippen molar-refractivity contribution in [2.45, 2.75) is 0 Å². The van der Waals surface area contributed by atoms with Gasteiger partial charge in [0.15, 0.2) is 40.7 Å². The molecule has 0 aliphatic carbocycles. The van der Waals surface area contributed by atoms with Crippen molar-refractivity contribution in [1.82, 2.24) is 0 Å². The van der Waals surface area contributed by atoms with Crippen LogP contribution in [0.3, 0.4) is 0 Å². The molecule has 2 aromatic rings. The predicted molar refractivity (Wildman–Crippen MR) is 60.8 cm³/mol. The van der Waals surface area contributed by atoms with Crippen molar-refractivity contribution in [3.8, 4) is 5.75 Å². The van der Waals surface area contributed by atoms with E-state index in [-0.39, 0.29) is 0 Å². The van der Waals surface area contributed by atoms with E-state index in [0.29, 0.717) is 12.1 Å². The summed E-state index contributed by atoms with van der Waals surface area (Å²) >= 11 is 0. The Bertz CT molecular complexity index is 753. The van der Waals surface area contributed by atoms with Gasteiger partial charge in [-0.1, -0.05) is 0 Å². The van der Waals surface area contributed by atoms with Crippen molar-refractivity contribution < 1.29 is 44.8 Å². The quantitative estimate of drug-likeness (QED) is 0.402. The van der Waals surface area contributed by atoms with Gasteiger partial charge >= 0.3 is 7.12 Å². The van der Waals surface area contributed by atoms with Crippen molar-refractivity contribution in [1.29, 1.82) is 0 Å². The summed E-state index contributed by atoms with van der Waals surface area (Å²) in [5.74, 6) is -18.9. The lowest BCUT2D eigenvalue weighted by molar-refractivity contribution is 0.366. The maximum absolute atomic E-state index is 13.4. The normalized spacial score (nSPS) is 10.8. The average Bonchev–Trinajstić information content (AvgIpc) is 2.52. The van der Waals surface area contributed by atoms with Crippen molar-refractivity contribution in [2.24, 2.45) is 0 Å². The van der Waals surface area contributed by atoms with E-state index >= 15 is 0 Å². The monoisotopic (exact) mass is 342 g/mol. The van der Waals surface area contributed by atoms with Crippen molar-refractivity contribution in [3.63, 3.8) is 0 Å². The molecule has 0 heterocycles. The molecule has 0 fully saturated rings. The molecule has 0 radical (unpaired) electrons. The Labute approximate surface area is 123 Å². The fourth-order valence-electron chi connectivity index (χ4n) is 1.62. The lowest BCUT2D eigenvalue weighted by Gasteiger charge is -2.13. The van der Waals surface area contributed by atoms with E-state index in [1.807, 2.05) is 0 Å². The molecule has 1 N–H and O–H groups in total. The first-order valence-electron chi connectivity index (χ1n) is 5.66. The van der Waals surface area contributed by atoms with Crippen LogP contribution in [0.1, 0.15) is 0 Å². The highest BCUT2D eigenvalue weighted by molar-refractivity contribution is 6.60. The summed E-state index contributed by atoms with van der Waals surface area (Å²) in [5, 5.41) is 9.42. The van der Waals surface area contributed by atoms with Crippen LogP contribution < -0.4 is 10.1 Å². The van der Waals surface area contributed by atoms with E-state index in [0.717, 1.165) is 0 Å². The van der Waals surface area contributed by atoms with Gasteiger partial charge in [-0.05, 0) is 12.1 Å². The van der Waals surface area contributed by atoms with E-state index in [9.17, 15) is 40.1 Å². The molecule has 0 bridgehead atoms. The van der Waals surface area contributed by atoms with E-state index in [4.69, 9.17) is 0 Å². The van der Waals surface area contributed by atoms with Crippen LogP contribution in [0.4, 0.5) is 35.1 Å². The average molecular weight is 342 g/mol.